The summed E-state index contributed by atoms with van der Waals surface area (Å²) in [5.74, 6) is 0. The Morgan fingerprint density at radius 2 is 1.03 bits per heavy atom. The van der Waals surface area contributed by atoms with Crippen LogP contribution in [-0.2, 0) is 23.7 Å². The summed E-state index contributed by atoms with van der Waals surface area (Å²) in [7, 11) is 1.60. The van der Waals surface area contributed by atoms with E-state index in [1.165, 1.54) is 0 Å². The molecule has 0 saturated heterocycles. The lowest BCUT2D eigenvalue weighted by atomic mass is 9.92. The molecule has 0 aromatic rings. The minimum atomic E-state index is -0.142. The van der Waals surface area contributed by atoms with E-state index in [-0.39, 0.29) is 24.3 Å². The fraction of sp³-hybridized carbons (Fsp3) is 1.00. The van der Waals surface area contributed by atoms with Crippen molar-refractivity contribution in [3.63, 3.8) is 0 Å². The predicted molar refractivity (Wildman–Crippen MR) is 151 cm³/mol. The third kappa shape index (κ3) is 18.8. The van der Waals surface area contributed by atoms with Gasteiger partial charge in [0.2, 0.25) is 0 Å². The fourth-order valence-electron chi connectivity index (χ4n) is 3.72. The summed E-state index contributed by atoms with van der Waals surface area (Å²) < 4.78 is 30.2. The Hall–Kier alpha value is 0.620. The third-order valence-electron chi connectivity index (χ3n) is 5.25. The zero-order chi connectivity index (χ0) is 25.5. The van der Waals surface area contributed by atoms with Gasteiger partial charge in [-0.15, -0.1) is 17.2 Å². The van der Waals surface area contributed by atoms with Gasteiger partial charge in [0.1, 0.15) is 0 Å². The summed E-state index contributed by atoms with van der Waals surface area (Å²) in [6.07, 6.45) is 11.3. The van der Waals surface area contributed by atoms with E-state index in [0.717, 1.165) is 113 Å². The maximum Gasteiger partial charge on any atom is 0.161 e. The maximum atomic E-state index is 6.56. The van der Waals surface area contributed by atoms with E-state index in [1.54, 1.807) is 0 Å². The Bertz CT molecular complexity index is 388. The van der Waals surface area contributed by atoms with Crippen LogP contribution in [0.15, 0.2) is 0 Å². The summed E-state index contributed by atoms with van der Waals surface area (Å²) in [5.41, 5.74) is 5.92. The number of ether oxygens (including phenoxy) is 5. The van der Waals surface area contributed by atoms with Crippen LogP contribution < -0.4 is 5.73 Å². The molecule has 0 aromatic heterocycles. The average molecular weight is 526 g/mol. The van der Waals surface area contributed by atoms with E-state index in [9.17, 15) is 0 Å². The molecule has 0 radical (unpaired) electrons. The van der Waals surface area contributed by atoms with Crippen molar-refractivity contribution in [3.8, 4) is 0 Å². The quantitative estimate of drug-likeness (QED) is 0.0849. The van der Waals surface area contributed by atoms with Gasteiger partial charge < -0.3 is 29.4 Å². The van der Waals surface area contributed by atoms with E-state index in [4.69, 9.17) is 29.4 Å². The van der Waals surface area contributed by atoms with Crippen molar-refractivity contribution in [2.45, 2.75) is 111 Å². The molecule has 0 saturated carbocycles. The Balaban J connectivity index is 4.76. The molecule has 34 heavy (non-hydrogen) atoms. The first-order valence-electron chi connectivity index (χ1n) is 13.7. The highest BCUT2D eigenvalue weighted by molar-refractivity contribution is 7.38. The second-order valence-electron chi connectivity index (χ2n) is 9.14. The number of hydrogen-bond donors (Lipinski definition) is 1. The summed E-state index contributed by atoms with van der Waals surface area (Å²) in [5, 5.41) is 0. The van der Waals surface area contributed by atoms with Gasteiger partial charge in [0.05, 0.1) is 11.7 Å². The molecular formula is C26H57NO5P2. The minimum absolute atomic E-state index is 0.0715. The molecule has 0 bridgehead atoms. The van der Waals surface area contributed by atoms with Gasteiger partial charge in [0, 0.05) is 38.8 Å². The van der Waals surface area contributed by atoms with E-state index in [1.807, 2.05) is 0 Å². The van der Waals surface area contributed by atoms with Crippen molar-refractivity contribution in [3.05, 3.63) is 0 Å². The molecule has 0 heterocycles. The van der Waals surface area contributed by atoms with Crippen molar-refractivity contribution in [1.82, 2.24) is 0 Å². The van der Waals surface area contributed by atoms with Gasteiger partial charge in [-0.05, 0) is 77.7 Å². The average Bonchev–Trinajstić information content (AvgIpc) is 2.81. The monoisotopic (exact) mass is 525 g/mol. The lowest BCUT2D eigenvalue weighted by Crippen LogP contribution is -2.39. The summed E-state index contributed by atoms with van der Waals surface area (Å²) in [6.45, 7) is 16.5. The topological polar surface area (TPSA) is 72.2 Å². The zero-order valence-electron chi connectivity index (χ0n) is 23.2. The van der Waals surface area contributed by atoms with Gasteiger partial charge in [0.15, 0.2) is 12.6 Å². The predicted octanol–water partition coefficient (Wildman–Crippen LogP) is 5.99. The second-order valence-corrected chi connectivity index (χ2v) is 12.0. The first-order chi connectivity index (χ1) is 16.5. The Kier molecular flexibility index (Phi) is 24.4. The van der Waals surface area contributed by atoms with Crippen LogP contribution in [0.2, 0.25) is 0 Å². The van der Waals surface area contributed by atoms with Gasteiger partial charge in [-0.2, -0.15) is 0 Å². The van der Waals surface area contributed by atoms with Gasteiger partial charge in [-0.25, -0.2) is 0 Å². The first-order valence-corrected chi connectivity index (χ1v) is 16.5. The molecule has 2 atom stereocenters. The number of nitrogens with two attached hydrogens (primary N) is 1. The highest BCUT2D eigenvalue weighted by Crippen LogP contribution is 2.33. The van der Waals surface area contributed by atoms with Gasteiger partial charge in [0.25, 0.3) is 0 Å². The maximum absolute atomic E-state index is 6.56. The van der Waals surface area contributed by atoms with Crippen molar-refractivity contribution in [1.29, 1.82) is 0 Å². The molecule has 0 rings (SSSR count). The molecule has 0 fully saturated rings. The normalized spacial score (nSPS) is 14.6. The molecular weight excluding hydrogens is 468 g/mol. The van der Waals surface area contributed by atoms with Crippen LogP contribution in [0.5, 0.6) is 0 Å². The Morgan fingerprint density at radius 3 is 1.32 bits per heavy atom. The fourth-order valence-corrected chi connectivity index (χ4v) is 6.33. The standard InChI is InChI=1S/C26H57NO5P2/c1-7-15-28-24(29-16-8-2)21-33-19-12-26(11-14-27,32-23(5)6)13-20-34-22-25(30-17-9-3)31-18-10-4/h23-25,33-34H,7-22,27H2,1-6H3. The first kappa shape index (κ1) is 34.6. The van der Waals surface area contributed by atoms with Gasteiger partial charge in [-0.3, -0.25) is 0 Å². The van der Waals surface area contributed by atoms with Crippen molar-refractivity contribution < 1.29 is 23.7 Å². The van der Waals surface area contributed by atoms with E-state index >= 15 is 0 Å². The molecule has 2 N–H and O–H groups in total. The van der Waals surface area contributed by atoms with Crippen molar-refractivity contribution in [2.75, 3.05) is 57.6 Å². The van der Waals surface area contributed by atoms with Crippen molar-refractivity contribution >= 4 is 17.2 Å². The van der Waals surface area contributed by atoms with Crippen LogP contribution >= 0.6 is 17.2 Å². The lowest BCUT2D eigenvalue weighted by Gasteiger charge is -2.36. The Labute approximate surface area is 215 Å². The van der Waals surface area contributed by atoms with Crippen LogP contribution in [0, 0.1) is 0 Å². The summed E-state index contributed by atoms with van der Waals surface area (Å²) in [6, 6.07) is 0. The molecule has 8 heteroatoms. The highest BCUT2D eigenvalue weighted by atomic mass is 31.1. The van der Waals surface area contributed by atoms with Gasteiger partial charge in [-0.1, -0.05) is 27.7 Å². The Morgan fingerprint density at radius 1 is 0.647 bits per heavy atom. The van der Waals surface area contributed by atoms with E-state index in [2.05, 4.69) is 41.5 Å². The molecule has 0 aliphatic rings. The summed E-state index contributed by atoms with van der Waals surface area (Å²) in [4.78, 5) is 0. The molecule has 0 amide bonds. The zero-order valence-corrected chi connectivity index (χ0v) is 25.2. The smallest absolute Gasteiger partial charge is 0.161 e. The number of rotatable bonds is 26. The molecule has 206 valence electrons. The molecule has 0 aromatic carbocycles. The minimum Gasteiger partial charge on any atom is -0.372 e. The van der Waals surface area contributed by atoms with E-state index in [0.29, 0.717) is 6.54 Å². The van der Waals surface area contributed by atoms with Gasteiger partial charge >= 0.3 is 0 Å². The second kappa shape index (κ2) is 24.0. The molecule has 6 nitrogen and oxygen atoms in total. The molecule has 0 aliphatic carbocycles. The van der Waals surface area contributed by atoms with Crippen molar-refractivity contribution in [2.24, 2.45) is 5.73 Å². The largest absolute Gasteiger partial charge is 0.372 e. The van der Waals surface area contributed by atoms with Crippen LogP contribution in [-0.4, -0.2) is 81.9 Å². The lowest BCUT2D eigenvalue weighted by molar-refractivity contribution is -0.127. The van der Waals surface area contributed by atoms with Crippen LogP contribution in [0.1, 0.15) is 86.5 Å². The molecule has 2 unspecified atom stereocenters. The third-order valence-corrected chi connectivity index (χ3v) is 7.71. The molecule has 0 aliphatic heterocycles. The van der Waals surface area contributed by atoms with Crippen LogP contribution in [0.4, 0.5) is 0 Å². The van der Waals surface area contributed by atoms with E-state index < -0.39 is 0 Å². The SMILES string of the molecule is CCCOC(CPCCC(CCN)(CCPCC(OCCC)OCCC)OC(C)C)OCCC. The van der Waals surface area contributed by atoms with Crippen LogP contribution in [0.3, 0.4) is 0 Å². The highest BCUT2D eigenvalue weighted by Gasteiger charge is 2.31. The molecule has 0 spiro atoms. The summed E-state index contributed by atoms with van der Waals surface area (Å²) >= 11 is 0. The van der Waals surface area contributed by atoms with Crippen LogP contribution in [0.25, 0.3) is 0 Å². The number of hydrogen-bond acceptors (Lipinski definition) is 6.